The predicted octanol–water partition coefficient (Wildman–Crippen LogP) is 2.15. The summed E-state index contributed by atoms with van der Waals surface area (Å²) in [6, 6.07) is -0.604. The molecular weight excluding hydrogens is 273 g/mol. The molecule has 118 valence electrons. The first-order chi connectivity index (χ1) is 9.73. The summed E-state index contributed by atoms with van der Waals surface area (Å²) in [6.45, 7) is 10.0. The molecule has 7 heteroatoms. The monoisotopic (exact) mass is 297 g/mol. The van der Waals surface area contributed by atoms with Gasteiger partial charge in [-0.25, -0.2) is 9.37 Å². The summed E-state index contributed by atoms with van der Waals surface area (Å²) in [5.41, 5.74) is -0.342. The third kappa shape index (κ3) is 5.93. The number of nitrogens with one attached hydrogen (secondary N) is 3. The molecule has 21 heavy (non-hydrogen) atoms. The average molecular weight is 297 g/mol. The molecule has 0 radical (unpaired) electrons. The van der Waals surface area contributed by atoms with Crippen molar-refractivity contribution in [2.24, 2.45) is 0 Å². The van der Waals surface area contributed by atoms with Gasteiger partial charge in [0.05, 0.1) is 6.20 Å². The highest BCUT2D eigenvalue weighted by Gasteiger charge is 2.20. The van der Waals surface area contributed by atoms with E-state index in [1.807, 2.05) is 27.7 Å². The Kier molecular flexibility index (Phi) is 5.87. The van der Waals surface area contributed by atoms with Crippen molar-refractivity contribution in [2.75, 3.05) is 17.2 Å². The van der Waals surface area contributed by atoms with Crippen molar-refractivity contribution in [3.05, 3.63) is 12.0 Å². The van der Waals surface area contributed by atoms with Gasteiger partial charge in [0.2, 0.25) is 11.9 Å². The number of rotatable bonds is 6. The summed E-state index contributed by atoms with van der Waals surface area (Å²) in [7, 11) is 0. The van der Waals surface area contributed by atoms with Crippen molar-refractivity contribution in [3.63, 3.8) is 0 Å². The number of hydrogen-bond acceptors (Lipinski definition) is 5. The maximum atomic E-state index is 13.7. The van der Waals surface area contributed by atoms with Gasteiger partial charge in [0.25, 0.3) is 0 Å². The molecule has 3 N–H and O–H groups in total. The molecule has 1 unspecified atom stereocenters. The van der Waals surface area contributed by atoms with Gasteiger partial charge in [-0.3, -0.25) is 4.79 Å². The molecule has 1 heterocycles. The van der Waals surface area contributed by atoms with Crippen molar-refractivity contribution in [3.8, 4) is 0 Å². The van der Waals surface area contributed by atoms with E-state index in [2.05, 4.69) is 25.9 Å². The minimum absolute atomic E-state index is 0.0140. The first-order valence-electron chi connectivity index (χ1n) is 7.08. The number of hydrogen-bond donors (Lipinski definition) is 3. The summed E-state index contributed by atoms with van der Waals surface area (Å²) in [6.07, 6.45) is 2.00. The maximum Gasteiger partial charge on any atom is 0.242 e. The minimum atomic E-state index is -0.604. The Morgan fingerprint density at radius 3 is 2.67 bits per heavy atom. The Hall–Kier alpha value is -1.92. The van der Waals surface area contributed by atoms with Crippen LogP contribution in [-0.4, -0.2) is 34.0 Å². The van der Waals surface area contributed by atoms with E-state index in [-0.39, 0.29) is 17.3 Å². The molecule has 6 nitrogen and oxygen atoms in total. The lowest BCUT2D eigenvalue weighted by Gasteiger charge is -2.24. The van der Waals surface area contributed by atoms with E-state index >= 15 is 0 Å². The molecule has 1 aromatic heterocycles. The second-order valence-electron chi connectivity index (χ2n) is 5.92. The number of nitrogens with zero attached hydrogens (tertiary/aromatic N) is 2. The SMILES string of the molecule is CCCNc1ncc(F)c(NC(C)C(=O)NC(C)(C)C)n1. The minimum Gasteiger partial charge on any atom is -0.356 e. The molecule has 0 aliphatic rings. The van der Waals surface area contributed by atoms with Gasteiger partial charge < -0.3 is 16.0 Å². The molecule has 0 fully saturated rings. The van der Waals surface area contributed by atoms with Crippen molar-refractivity contribution in [2.45, 2.75) is 52.6 Å². The van der Waals surface area contributed by atoms with Crippen LogP contribution in [0.3, 0.4) is 0 Å². The van der Waals surface area contributed by atoms with Crippen LogP contribution in [0, 0.1) is 5.82 Å². The molecular formula is C14H24FN5O. The summed E-state index contributed by atoms with van der Waals surface area (Å²) < 4.78 is 13.7. The highest BCUT2D eigenvalue weighted by molar-refractivity contribution is 5.84. The normalized spacial score (nSPS) is 12.7. The van der Waals surface area contributed by atoms with Crippen molar-refractivity contribution < 1.29 is 9.18 Å². The van der Waals surface area contributed by atoms with Gasteiger partial charge in [0, 0.05) is 12.1 Å². The highest BCUT2D eigenvalue weighted by atomic mass is 19.1. The lowest BCUT2D eigenvalue weighted by molar-refractivity contribution is -0.122. The van der Waals surface area contributed by atoms with Crippen LogP contribution in [0.15, 0.2) is 6.20 Å². The van der Waals surface area contributed by atoms with Gasteiger partial charge in [-0.15, -0.1) is 0 Å². The standard InChI is InChI=1S/C14H24FN5O/c1-6-7-16-13-17-8-10(15)11(19-13)18-9(2)12(21)20-14(3,4)5/h8-9H,6-7H2,1-5H3,(H,20,21)(H2,16,17,18,19). The Labute approximate surface area is 124 Å². The van der Waals surface area contributed by atoms with E-state index in [0.29, 0.717) is 12.5 Å². The van der Waals surface area contributed by atoms with E-state index < -0.39 is 11.9 Å². The number of anilines is 2. The van der Waals surface area contributed by atoms with Gasteiger partial charge in [-0.1, -0.05) is 6.92 Å². The number of carbonyl (C=O) groups is 1. The van der Waals surface area contributed by atoms with Crippen LogP contribution < -0.4 is 16.0 Å². The summed E-state index contributed by atoms with van der Waals surface area (Å²) >= 11 is 0. The van der Waals surface area contributed by atoms with E-state index in [1.54, 1.807) is 6.92 Å². The lowest BCUT2D eigenvalue weighted by atomic mass is 10.1. The molecule has 0 aliphatic heterocycles. The maximum absolute atomic E-state index is 13.7. The van der Waals surface area contributed by atoms with Crippen LogP contribution in [-0.2, 0) is 4.79 Å². The molecule has 1 rings (SSSR count). The predicted molar refractivity (Wildman–Crippen MR) is 81.8 cm³/mol. The number of halogens is 1. The van der Waals surface area contributed by atoms with Gasteiger partial charge in [0.15, 0.2) is 11.6 Å². The molecule has 0 bridgehead atoms. The van der Waals surface area contributed by atoms with Crippen LogP contribution in [0.4, 0.5) is 16.2 Å². The average Bonchev–Trinajstić information content (AvgIpc) is 2.37. The number of amides is 1. The molecule has 0 saturated carbocycles. The van der Waals surface area contributed by atoms with Gasteiger partial charge in [-0.05, 0) is 34.1 Å². The largest absolute Gasteiger partial charge is 0.356 e. The molecule has 1 aromatic rings. The Morgan fingerprint density at radius 2 is 2.10 bits per heavy atom. The molecule has 0 aliphatic carbocycles. The van der Waals surface area contributed by atoms with Crippen LogP contribution in [0.1, 0.15) is 41.0 Å². The topological polar surface area (TPSA) is 78.9 Å². The summed E-state index contributed by atoms with van der Waals surface area (Å²) in [5, 5.41) is 8.57. The fraction of sp³-hybridized carbons (Fsp3) is 0.643. The second kappa shape index (κ2) is 7.19. The van der Waals surface area contributed by atoms with Crippen LogP contribution in [0.2, 0.25) is 0 Å². The summed E-state index contributed by atoms with van der Waals surface area (Å²) in [5.74, 6) is -0.458. The zero-order chi connectivity index (χ0) is 16.0. The van der Waals surface area contributed by atoms with E-state index in [0.717, 1.165) is 12.6 Å². The van der Waals surface area contributed by atoms with Crippen molar-refractivity contribution in [1.29, 1.82) is 0 Å². The van der Waals surface area contributed by atoms with Crippen molar-refractivity contribution in [1.82, 2.24) is 15.3 Å². The van der Waals surface area contributed by atoms with Crippen molar-refractivity contribution >= 4 is 17.7 Å². The Morgan fingerprint density at radius 1 is 1.43 bits per heavy atom. The van der Waals surface area contributed by atoms with Crippen LogP contribution >= 0.6 is 0 Å². The third-order valence-electron chi connectivity index (χ3n) is 2.52. The van der Waals surface area contributed by atoms with E-state index in [1.165, 1.54) is 0 Å². The zero-order valence-corrected chi connectivity index (χ0v) is 13.2. The Bertz CT molecular complexity index is 487. The van der Waals surface area contributed by atoms with Crippen LogP contribution in [0.5, 0.6) is 0 Å². The highest BCUT2D eigenvalue weighted by Crippen LogP contribution is 2.13. The fourth-order valence-corrected chi connectivity index (χ4v) is 1.54. The number of aromatic nitrogens is 2. The first-order valence-corrected chi connectivity index (χ1v) is 7.08. The molecule has 0 aromatic carbocycles. The smallest absolute Gasteiger partial charge is 0.242 e. The van der Waals surface area contributed by atoms with E-state index in [9.17, 15) is 9.18 Å². The van der Waals surface area contributed by atoms with Crippen LogP contribution in [0.25, 0.3) is 0 Å². The molecule has 1 amide bonds. The molecule has 1 atom stereocenters. The third-order valence-corrected chi connectivity index (χ3v) is 2.52. The lowest BCUT2D eigenvalue weighted by Crippen LogP contribution is -2.47. The fourth-order valence-electron chi connectivity index (χ4n) is 1.54. The summed E-state index contributed by atoms with van der Waals surface area (Å²) in [4.78, 5) is 19.9. The van der Waals surface area contributed by atoms with Gasteiger partial charge in [0.1, 0.15) is 6.04 Å². The second-order valence-corrected chi connectivity index (χ2v) is 5.92. The molecule has 0 spiro atoms. The molecule has 0 saturated heterocycles. The zero-order valence-electron chi connectivity index (χ0n) is 13.2. The van der Waals surface area contributed by atoms with Gasteiger partial charge in [-0.2, -0.15) is 4.98 Å². The van der Waals surface area contributed by atoms with Gasteiger partial charge >= 0.3 is 0 Å². The quantitative estimate of drug-likeness (QED) is 0.750. The first kappa shape index (κ1) is 17.1. The number of carbonyl (C=O) groups excluding carboxylic acids is 1. The Balaban J connectivity index is 2.74. The van der Waals surface area contributed by atoms with E-state index in [4.69, 9.17) is 0 Å².